The molecule has 0 spiro atoms. The number of aromatic nitrogens is 1. The Bertz CT molecular complexity index is 1280. The van der Waals surface area contributed by atoms with Crippen molar-refractivity contribution in [1.29, 1.82) is 0 Å². The van der Waals surface area contributed by atoms with Crippen LogP contribution in [0.3, 0.4) is 0 Å². The van der Waals surface area contributed by atoms with Gasteiger partial charge in [-0.05, 0) is 30.3 Å². The monoisotopic (exact) mass is 524 g/mol. The number of carbonyl (C=O) groups is 2. The molecule has 2 heterocycles. The van der Waals surface area contributed by atoms with Crippen molar-refractivity contribution >= 4 is 72.7 Å². The molecule has 1 aliphatic rings. The van der Waals surface area contributed by atoms with E-state index in [0.29, 0.717) is 10.3 Å². The number of carbonyl (C=O) groups excluding carboxylic acids is 2. The molecule has 2 amide bonds. The van der Waals surface area contributed by atoms with E-state index in [-0.39, 0.29) is 29.6 Å². The largest absolute Gasteiger partial charge is 0.416 e. The third-order valence-corrected chi connectivity index (χ3v) is 7.18. The van der Waals surface area contributed by atoms with Crippen molar-refractivity contribution < 1.29 is 22.8 Å². The maximum Gasteiger partial charge on any atom is 0.416 e. The van der Waals surface area contributed by atoms with E-state index in [1.807, 2.05) is 24.3 Å². The second kappa shape index (κ2) is 9.77. The number of alkyl halides is 3. The van der Waals surface area contributed by atoms with Crippen LogP contribution in [0.2, 0.25) is 5.02 Å². The Morgan fingerprint density at radius 1 is 1.29 bits per heavy atom. The maximum atomic E-state index is 13.0. The van der Waals surface area contributed by atoms with Crippen LogP contribution in [0.25, 0.3) is 10.2 Å². The van der Waals surface area contributed by atoms with Crippen LogP contribution in [0.15, 0.2) is 60.1 Å². The second-order valence-corrected chi connectivity index (χ2v) is 9.73. The van der Waals surface area contributed by atoms with E-state index in [1.54, 1.807) is 0 Å². The number of halogens is 4. The van der Waals surface area contributed by atoms with Crippen molar-refractivity contribution in [3.05, 3.63) is 65.7 Å². The van der Waals surface area contributed by atoms with Gasteiger partial charge in [0.05, 0.1) is 26.5 Å². The lowest BCUT2D eigenvalue weighted by molar-refractivity contribution is -0.137. The molecule has 1 saturated heterocycles. The second-order valence-electron chi connectivity index (χ2n) is 7.15. The van der Waals surface area contributed by atoms with E-state index in [2.05, 4.69) is 21.9 Å². The Balaban J connectivity index is 1.52. The summed E-state index contributed by atoms with van der Waals surface area (Å²) in [5.41, 5.74) is -0.338. The van der Waals surface area contributed by atoms with Crippen LogP contribution in [-0.2, 0) is 15.8 Å². The number of nitrogens with zero attached hydrogens (tertiary/aromatic N) is 3. The molecule has 1 unspecified atom stereocenters. The quantitative estimate of drug-likeness (QED) is 0.394. The lowest BCUT2D eigenvalue weighted by atomic mass is 10.2. The number of rotatable bonds is 6. The highest BCUT2D eigenvalue weighted by Crippen LogP contribution is 2.36. The van der Waals surface area contributed by atoms with Crippen molar-refractivity contribution in [1.82, 2.24) is 9.88 Å². The molecule has 0 bridgehead atoms. The molecule has 1 N–H and O–H groups in total. The van der Waals surface area contributed by atoms with Gasteiger partial charge in [-0.25, -0.2) is 4.98 Å². The fourth-order valence-electron chi connectivity index (χ4n) is 3.18. The summed E-state index contributed by atoms with van der Waals surface area (Å²) < 4.78 is 39.9. The zero-order valence-corrected chi connectivity index (χ0v) is 19.7. The number of para-hydroxylation sites is 1. The van der Waals surface area contributed by atoms with E-state index in [0.717, 1.165) is 40.2 Å². The highest BCUT2D eigenvalue weighted by molar-refractivity contribution is 8.15. The number of thioether (sulfide) groups is 1. The van der Waals surface area contributed by atoms with Gasteiger partial charge < -0.3 is 5.32 Å². The summed E-state index contributed by atoms with van der Waals surface area (Å²) in [5.74, 6) is -0.998. The van der Waals surface area contributed by atoms with E-state index in [9.17, 15) is 22.8 Å². The highest BCUT2D eigenvalue weighted by Gasteiger charge is 2.39. The molecule has 4 rings (SSSR count). The number of thiazole rings is 1. The predicted octanol–water partition coefficient (Wildman–Crippen LogP) is 6.11. The van der Waals surface area contributed by atoms with Gasteiger partial charge in [0.25, 0.3) is 0 Å². The normalized spacial score (nSPS) is 17.5. The standard InChI is InChI=1S/C22H16ClF3N4O2S2/c1-2-9-30-19(32)17(34-21(30)29-20-28-14-5-3-4-6-16(14)33-20)11-18(31)27-15-10-12(22(24,25)26)7-8-13(15)23/h2-8,10,17H,1,9,11H2,(H,27,31). The molecule has 1 atom stereocenters. The Labute approximate surface area is 205 Å². The first-order valence-electron chi connectivity index (χ1n) is 9.85. The fraction of sp³-hybridized carbons (Fsp3) is 0.182. The van der Waals surface area contributed by atoms with E-state index < -0.39 is 22.9 Å². The Morgan fingerprint density at radius 3 is 2.76 bits per heavy atom. The molecule has 0 saturated carbocycles. The van der Waals surface area contributed by atoms with Gasteiger partial charge in [0, 0.05) is 13.0 Å². The number of anilines is 1. The molecule has 0 aliphatic carbocycles. The van der Waals surface area contributed by atoms with Gasteiger partial charge in [-0.2, -0.15) is 18.2 Å². The summed E-state index contributed by atoms with van der Waals surface area (Å²) in [4.78, 5) is 35.8. The molecule has 12 heteroatoms. The van der Waals surface area contributed by atoms with Gasteiger partial charge in [-0.15, -0.1) is 6.58 Å². The van der Waals surface area contributed by atoms with Gasteiger partial charge in [0.1, 0.15) is 5.25 Å². The number of aliphatic imine (C=N–C) groups is 1. The van der Waals surface area contributed by atoms with E-state index in [1.165, 1.54) is 22.3 Å². The minimum absolute atomic E-state index is 0.0434. The van der Waals surface area contributed by atoms with Crippen LogP contribution in [0.1, 0.15) is 12.0 Å². The molecule has 34 heavy (non-hydrogen) atoms. The smallest absolute Gasteiger partial charge is 0.325 e. The Kier molecular flexibility index (Phi) is 6.96. The number of amidine groups is 1. The summed E-state index contributed by atoms with van der Waals surface area (Å²) in [5, 5.41) is 2.36. The minimum Gasteiger partial charge on any atom is -0.325 e. The van der Waals surface area contributed by atoms with E-state index in [4.69, 9.17) is 11.6 Å². The molecule has 0 radical (unpaired) electrons. The van der Waals surface area contributed by atoms with Gasteiger partial charge in [-0.1, -0.05) is 52.9 Å². The Morgan fingerprint density at radius 2 is 2.06 bits per heavy atom. The molecule has 6 nitrogen and oxygen atoms in total. The number of hydrogen-bond acceptors (Lipinski definition) is 6. The summed E-state index contributed by atoms with van der Waals surface area (Å²) in [6.45, 7) is 3.85. The zero-order chi connectivity index (χ0) is 24.5. The number of hydrogen-bond donors (Lipinski definition) is 1. The van der Waals surface area contributed by atoms with Crippen molar-refractivity contribution in [2.45, 2.75) is 17.8 Å². The average Bonchev–Trinajstić information content (AvgIpc) is 3.30. The predicted molar refractivity (Wildman–Crippen MR) is 130 cm³/mol. The first-order chi connectivity index (χ1) is 16.2. The molecule has 176 valence electrons. The number of fused-ring (bicyclic) bond motifs is 1. The zero-order valence-electron chi connectivity index (χ0n) is 17.3. The average molecular weight is 525 g/mol. The number of benzene rings is 2. The van der Waals surface area contributed by atoms with Gasteiger partial charge in [-0.3, -0.25) is 14.5 Å². The van der Waals surface area contributed by atoms with Gasteiger partial charge >= 0.3 is 6.18 Å². The highest BCUT2D eigenvalue weighted by atomic mass is 35.5. The molecule has 2 aromatic carbocycles. The molecular formula is C22H16ClF3N4O2S2. The third kappa shape index (κ3) is 5.26. The number of nitrogens with one attached hydrogen (secondary N) is 1. The first-order valence-corrected chi connectivity index (χ1v) is 11.9. The lowest BCUT2D eigenvalue weighted by Gasteiger charge is -2.14. The Hall–Kier alpha value is -2.89. The summed E-state index contributed by atoms with van der Waals surface area (Å²) in [6, 6.07) is 10.2. The summed E-state index contributed by atoms with van der Waals surface area (Å²) >= 11 is 8.41. The third-order valence-electron chi connectivity index (χ3n) is 4.74. The van der Waals surface area contributed by atoms with Gasteiger partial charge in [0.2, 0.25) is 16.9 Å². The van der Waals surface area contributed by atoms with Crippen molar-refractivity contribution in [3.63, 3.8) is 0 Å². The lowest BCUT2D eigenvalue weighted by Crippen LogP contribution is -2.33. The van der Waals surface area contributed by atoms with Crippen molar-refractivity contribution in [3.8, 4) is 0 Å². The minimum atomic E-state index is -4.58. The van der Waals surface area contributed by atoms with Crippen molar-refractivity contribution in [2.75, 3.05) is 11.9 Å². The molecule has 3 aromatic rings. The topological polar surface area (TPSA) is 74.7 Å². The molecule has 1 aromatic heterocycles. The molecule has 1 fully saturated rings. The van der Waals surface area contributed by atoms with Crippen LogP contribution in [-0.4, -0.2) is 38.7 Å². The summed E-state index contributed by atoms with van der Waals surface area (Å²) in [7, 11) is 0. The van der Waals surface area contributed by atoms with Crippen molar-refractivity contribution in [2.24, 2.45) is 4.99 Å². The molecule has 1 aliphatic heterocycles. The fourth-order valence-corrected chi connectivity index (χ4v) is 5.39. The maximum absolute atomic E-state index is 13.0. The van der Waals surface area contributed by atoms with Crippen LogP contribution >= 0.6 is 34.7 Å². The SMILES string of the molecule is C=CCN1C(=O)C(CC(=O)Nc2cc(C(F)(F)F)ccc2Cl)SC1=Nc1nc2ccccc2s1. The van der Waals surface area contributed by atoms with Crippen LogP contribution in [0.4, 0.5) is 24.0 Å². The molecular weight excluding hydrogens is 509 g/mol. The summed E-state index contributed by atoms with van der Waals surface area (Å²) in [6.07, 6.45) is -3.32. The van der Waals surface area contributed by atoms with Crippen LogP contribution in [0.5, 0.6) is 0 Å². The van der Waals surface area contributed by atoms with E-state index >= 15 is 0 Å². The number of amides is 2. The van der Waals surface area contributed by atoms with Crippen LogP contribution in [0, 0.1) is 0 Å². The van der Waals surface area contributed by atoms with Crippen LogP contribution < -0.4 is 5.32 Å². The first kappa shape index (κ1) is 24.2. The van der Waals surface area contributed by atoms with Gasteiger partial charge in [0.15, 0.2) is 5.17 Å².